The van der Waals surface area contributed by atoms with E-state index in [2.05, 4.69) is 10.3 Å². The molecule has 0 atom stereocenters. The third-order valence-electron chi connectivity index (χ3n) is 4.39. The number of aliphatic carboxylic acids is 1. The van der Waals surface area contributed by atoms with Gasteiger partial charge in [-0.15, -0.1) is 11.3 Å². The predicted octanol–water partition coefficient (Wildman–Crippen LogP) is 1.36. The zero-order valence-electron chi connectivity index (χ0n) is 19.1. The number of carboxylic acids is 1. The lowest BCUT2D eigenvalue weighted by Gasteiger charge is -2.11. The Balaban J connectivity index is 0.00000481. The van der Waals surface area contributed by atoms with E-state index in [1.165, 1.54) is 17.5 Å². The molecule has 3 rings (SSSR count). The van der Waals surface area contributed by atoms with Crippen molar-refractivity contribution in [3.8, 4) is 0 Å². The Kier molecular flexibility index (Phi) is 9.87. The molecule has 5 N–H and O–H groups in total. The number of carbonyl (C=O) groups excluding carboxylic acids is 3. The summed E-state index contributed by atoms with van der Waals surface area (Å²) in [6, 6.07) is 4.75. The molecule has 17 heteroatoms. The topological polar surface area (TPSA) is 204 Å². The lowest BCUT2D eigenvalue weighted by atomic mass is 10.2. The molecule has 1 aliphatic heterocycles. The number of carboxylic acid groups (broad SMARTS) is 1. The number of aromatic nitrogens is 1. The Morgan fingerprint density at radius 1 is 1.22 bits per heavy atom. The van der Waals surface area contributed by atoms with E-state index in [1.807, 2.05) is 4.72 Å². The Morgan fingerprint density at radius 3 is 2.46 bits per heavy atom. The zero-order chi connectivity index (χ0) is 26.6. The van der Waals surface area contributed by atoms with E-state index in [1.54, 1.807) is 26.0 Å². The van der Waals surface area contributed by atoms with Crippen LogP contribution in [0.2, 0.25) is 0 Å². The number of hydrogen-bond acceptors (Lipinski definition) is 11. The lowest BCUT2D eigenvalue weighted by molar-refractivity contribution is -0.140. The van der Waals surface area contributed by atoms with Gasteiger partial charge in [0.25, 0.3) is 15.9 Å². The number of rotatable bonds is 8. The van der Waals surface area contributed by atoms with Gasteiger partial charge >= 0.3 is 18.0 Å². The summed E-state index contributed by atoms with van der Waals surface area (Å²) in [5, 5.41) is 12.6. The summed E-state index contributed by atoms with van der Waals surface area (Å²) >= 11 is 6.65. The van der Waals surface area contributed by atoms with Gasteiger partial charge in [0, 0.05) is 5.38 Å². The van der Waals surface area contributed by atoms with Crippen molar-refractivity contribution in [2.45, 2.75) is 18.7 Å². The molecule has 0 unspecified atom stereocenters. The van der Waals surface area contributed by atoms with Crippen molar-refractivity contribution < 1.29 is 42.9 Å². The van der Waals surface area contributed by atoms with Crippen LogP contribution in [-0.2, 0) is 29.1 Å². The smallest absolute Gasteiger partial charge is 0.341 e. The minimum absolute atomic E-state index is 0. The number of aryl methyl sites for hydroxylation is 1. The number of urea groups is 1. The molecule has 0 saturated carbocycles. The number of thiocarbonyl (C=S) groups is 1. The van der Waals surface area contributed by atoms with Crippen LogP contribution in [0.1, 0.15) is 18.2 Å². The summed E-state index contributed by atoms with van der Waals surface area (Å²) in [5.74, 6) is -3.01. The van der Waals surface area contributed by atoms with E-state index >= 15 is 0 Å². The van der Waals surface area contributed by atoms with Crippen molar-refractivity contribution in [3.05, 3.63) is 45.8 Å². The molecule has 1 aromatic carbocycles. The first-order valence-electron chi connectivity index (χ1n) is 9.96. The van der Waals surface area contributed by atoms with Crippen LogP contribution in [0.25, 0.3) is 5.57 Å². The third kappa shape index (κ3) is 7.10. The van der Waals surface area contributed by atoms with Crippen molar-refractivity contribution in [1.82, 2.24) is 14.6 Å². The monoisotopic (exact) mass is 588 g/mol. The van der Waals surface area contributed by atoms with Crippen LogP contribution in [0.15, 0.2) is 39.4 Å². The highest BCUT2D eigenvalue weighted by atomic mass is 32.2. The van der Waals surface area contributed by atoms with Gasteiger partial charge in [-0.05, 0) is 26.0 Å². The average molecular weight is 589 g/mol. The molecule has 1 saturated heterocycles. The van der Waals surface area contributed by atoms with Crippen LogP contribution >= 0.6 is 35.3 Å². The molecule has 0 spiro atoms. The van der Waals surface area contributed by atoms with Crippen molar-refractivity contribution in [2.75, 3.05) is 18.5 Å². The standard InChI is InChI=1S/C20H18N4O8S4.H2O/c1-3-32-17(28)14(15-16(27)24(8-13(25)26)20(33)35-15)12-9-34-19(21-12)22-18(29)23-36(30,31)11-6-4-10(2)5-7-11;/h4-7,9H,3,8H2,1-2H3,(H,25,26)(H2,21,22,23,29);1H2. The second kappa shape index (κ2) is 12.2. The second-order valence-electron chi connectivity index (χ2n) is 6.99. The number of nitrogens with zero attached hydrogens (tertiary/aromatic N) is 2. The molecule has 2 aromatic rings. The Labute approximate surface area is 224 Å². The summed E-state index contributed by atoms with van der Waals surface area (Å²) in [5.41, 5.74) is 0.524. The number of esters is 1. The molecule has 0 radical (unpaired) electrons. The molecule has 0 aliphatic carbocycles. The van der Waals surface area contributed by atoms with E-state index in [4.69, 9.17) is 22.1 Å². The molecule has 1 aliphatic rings. The van der Waals surface area contributed by atoms with E-state index in [9.17, 15) is 27.6 Å². The van der Waals surface area contributed by atoms with Gasteiger partial charge in [-0.2, -0.15) is 0 Å². The Morgan fingerprint density at radius 2 is 1.86 bits per heavy atom. The fourth-order valence-electron chi connectivity index (χ4n) is 2.80. The summed E-state index contributed by atoms with van der Waals surface area (Å²) in [7, 11) is -4.15. The number of anilines is 1. The fraction of sp³-hybridized carbons (Fsp3) is 0.200. The van der Waals surface area contributed by atoms with Crippen LogP contribution in [0.5, 0.6) is 0 Å². The van der Waals surface area contributed by atoms with Crippen LogP contribution < -0.4 is 10.0 Å². The molecule has 1 aromatic heterocycles. The maximum atomic E-state index is 12.8. The maximum Gasteiger partial charge on any atom is 0.341 e. The molecule has 3 amide bonds. The molecule has 2 heterocycles. The third-order valence-corrected chi connectivity index (χ3v) is 7.94. The quantitative estimate of drug-likeness (QED) is 0.228. The molecule has 1 fully saturated rings. The molecule has 0 bridgehead atoms. The number of ether oxygens (including phenoxy) is 1. The lowest BCUT2D eigenvalue weighted by Crippen LogP contribution is -2.34. The number of benzene rings is 1. The van der Waals surface area contributed by atoms with E-state index in [0.29, 0.717) is 0 Å². The van der Waals surface area contributed by atoms with E-state index in [-0.39, 0.29) is 42.6 Å². The summed E-state index contributed by atoms with van der Waals surface area (Å²) in [6.45, 7) is 2.62. The van der Waals surface area contributed by atoms with Gasteiger partial charge in [-0.1, -0.05) is 41.7 Å². The summed E-state index contributed by atoms with van der Waals surface area (Å²) < 4.78 is 31.7. The first-order chi connectivity index (χ1) is 16.9. The van der Waals surface area contributed by atoms with Crippen molar-refractivity contribution >= 4 is 84.2 Å². The largest absolute Gasteiger partial charge is 0.480 e. The predicted molar refractivity (Wildman–Crippen MR) is 139 cm³/mol. The van der Waals surface area contributed by atoms with Gasteiger partial charge in [-0.25, -0.2) is 27.7 Å². The number of hydrogen-bond donors (Lipinski definition) is 3. The van der Waals surface area contributed by atoms with Gasteiger partial charge in [0.2, 0.25) is 0 Å². The minimum atomic E-state index is -4.15. The van der Waals surface area contributed by atoms with Gasteiger partial charge in [0.05, 0.1) is 22.1 Å². The molecule has 37 heavy (non-hydrogen) atoms. The number of thiazole rings is 1. The average Bonchev–Trinajstić information content (AvgIpc) is 3.33. The zero-order valence-corrected chi connectivity index (χ0v) is 22.4. The highest BCUT2D eigenvalue weighted by molar-refractivity contribution is 8.26. The highest BCUT2D eigenvalue weighted by Crippen LogP contribution is 2.38. The second-order valence-corrected chi connectivity index (χ2v) is 11.2. The van der Waals surface area contributed by atoms with Crippen molar-refractivity contribution in [1.29, 1.82) is 0 Å². The first kappa shape index (κ1) is 29.8. The normalized spacial score (nSPS) is 14.6. The SMILES string of the molecule is CCOC(=O)C(=C1SC(=S)N(CC(=O)O)C1=O)c1csc(NC(=O)NS(=O)(=O)c2ccc(C)cc2)n1.O. The number of amides is 3. The van der Waals surface area contributed by atoms with Crippen LogP contribution in [0, 0.1) is 6.92 Å². The number of sulfonamides is 1. The van der Waals surface area contributed by atoms with Crippen molar-refractivity contribution in [2.24, 2.45) is 0 Å². The van der Waals surface area contributed by atoms with Crippen LogP contribution in [-0.4, -0.2) is 70.2 Å². The number of thioether (sulfide) groups is 1. The van der Waals surface area contributed by atoms with Gasteiger partial charge < -0.3 is 15.3 Å². The number of carbonyl (C=O) groups is 4. The van der Waals surface area contributed by atoms with Gasteiger partial charge in [-0.3, -0.25) is 19.8 Å². The van der Waals surface area contributed by atoms with Gasteiger partial charge in [0.15, 0.2) is 5.13 Å². The number of nitrogens with one attached hydrogen (secondary N) is 2. The van der Waals surface area contributed by atoms with Crippen molar-refractivity contribution in [3.63, 3.8) is 0 Å². The Bertz CT molecular complexity index is 1380. The molecule has 198 valence electrons. The molecule has 13 nitrogen and oxygen atoms in total. The fourth-order valence-corrected chi connectivity index (χ4v) is 5.73. The maximum absolute atomic E-state index is 12.8. The van der Waals surface area contributed by atoms with Crippen LogP contribution in [0.4, 0.5) is 9.93 Å². The molecular weight excluding hydrogens is 569 g/mol. The minimum Gasteiger partial charge on any atom is -0.480 e. The highest BCUT2D eigenvalue weighted by Gasteiger charge is 2.38. The van der Waals surface area contributed by atoms with Crippen LogP contribution in [0.3, 0.4) is 0 Å². The van der Waals surface area contributed by atoms with E-state index in [0.717, 1.165) is 33.6 Å². The summed E-state index contributed by atoms with van der Waals surface area (Å²) in [6.07, 6.45) is 0. The Hall–Kier alpha value is -3.38. The van der Waals surface area contributed by atoms with E-state index < -0.39 is 40.4 Å². The summed E-state index contributed by atoms with van der Waals surface area (Å²) in [4.78, 5) is 53.5. The first-order valence-corrected chi connectivity index (χ1v) is 13.5. The molecular formula is C20H20N4O9S4. The van der Waals surface area contributed by atoms with Gasteiger partial charge in [0.1, 0.15) is 16.4 Å².